The number of amides is 3. The van der Waals surface area contributed by atoms with Crippen molar-refractivity contribution in [3.8, 4) is 0 Å². The third kappa shape index (κ3) is 16.8. The Morgan fingerprint density at radius 1 is 0.883 bits per heavy atom. The van der Waals surface area contributed by atoms with Crippen LogP contribution in [0, 0.1) is 12.8 Å². The number of hydrogen-bond donors (Lipinski definition) is 8. The zero-order valence-electron chi connectivity index (χ0n) is 35.6. The number of unbranched alkanes of at least 4 members (excludes halogenated alkanes) is 3. The monoisotopic (exact) mass is 856 g/mol. The molecule has 4 atom stereocenters. The Kier molecular flexibility index (Phi) is 20.4. The van der Waals surface area contributed by atoms with Crippen LogP contribution in [-0.4, -0.2) is 128 Å². The number of nitrogens with two attached hydrogens (primary N) is 2. The summed E-state index contributed by atoms with van der Waals surface area (Å²) in [5.41, 5.74) is 14.1. The van der Waals surface area contributed by atoms with E-state index in [-0.39, 0.29) is 60.5 Å². The second kappa shape index (κ2) is 24.6. The lowest BCUT2D eigenvalue weighted by Crippen LogP contribution is -2.47. The first-order chi connectivity index (χ1) is 28.4. The molecule has 3 amide bonds. The maximum atomic E-state index is 13.6. The second-order valence-electron chi connectivity index (χ2n) is 16.2. The summed E-state index contributed by atoms with van der Waals surface area (Å²) in [6.45, 7) is 10.9. The summed E-state index contributed by atoms with van der Waals surface area (Å²) >= 11 is 6.02. The highest BCUT2D eigenvalue weighted by molar-refractivity contribution is 6.31. The van der Waals surface area contributed by atoms with E-state index in [0.717, 1.165) is 42.4 Å². The van der Waals surface area contributed by atoms with Gasteiger partial charge >= 0.3 is 6.09 Å². The number of ether oxygens (including phenoxy) is 1. The van der Waals surface area contributed by atoms with Gasteiger partial charge in [-0.2, -0.15) is 0 Å². The maximum absolute atomic E-state index is 13.6. The number of halogens is 1. The summed E-state index contributed by atoms with van der Waals surface area (Å²) in [7, 11) is 0. The lowest BCUT2D eigenvalue weighted by atomic mass is 9.93. The lowest BCUT2D eigenvalue weighted by molar-refractivity contribution is -0.0840. The molecule has 2 aromatic carbocycles. The molecule has 3 rings (SSSR count). The fraction of sp³-hybridized carbons (Fsp3) is 0.558. The fourth-order valence-electron chi connectivity index (χ4n) is 6.46. The van der Waals surface area contributed by atoms with Crippen molar-refractivity contribution in [1.82, 2.24) is 30.4 Å². The number of anilines is 2. The van der Waals surface area contributed by atoms with Crippen LogP contribution in [0.4, 0.5) is 16.4 Å². The van der Waals surface area contributed by atoms with E-state index < -0.39 is 42.5 Å². The SMILES string of the molecule is CCCCCCN(CCNC(=O)c1ccc(CN(CC[C@@H](CNC(=O)c2nc(Cl)c(N)nc2N)Cc2ccccc2C)C(=O)OC(C)(C)C)cc1)C[C@@H](O)[C@H](O)[C@@H](O)CO. The van der Waals surface area contributed by atoms with Crippen LogP contribution in [0.15, 0.2) is 48.5 Å². The molecule has 10 N–H and O–H groups in total. The standard InChI is InChI=1S/C43H65ClN8O8/c1-6-7-8-11-20-51(26-33(54)36(56)34(55)27-53)22-19-47-40(57)31-16-14-29(15-17-31)25-52(42(59)60-43(3,4)5)21-18-30(23-32-13-10-9-12-28(32)2)24-48-41(58)35-38(45)50-39(46)37(44)49-35/h9-10,12-17,30,33-34,36,53-56H,6-8,11,18-27H2,1-5H3,(H,47,57)(H,48,58)(H4,45,46,50)/t30-,33-,34+,36+/m1/s1. The van der Waals surface area contributed by atoms with Crippen molar-refractivity contribution in [1.29, 1.82) is 0 Å². The van der Waals surface area contributed by atoms with Crippen LogP contribution in [0.1, 0.15) is 97.3 Å². The number of aliphatic hydroxyl groups excluding tert-OH is 4. The molecule has 0 saturated carbocycles. The van der Waals surface area contributed by atoms with Gasteiger partial charge in [-0.1, -0.05) is 74.2 Å². The van der Waals surface area contributed by atoms with E-state index in [2.05, 4.69) is 27.5 Å². The van der Waals surface area contributed by atoms with Crippen LogP contribution >= 0.6 is 11.6 Å². The van der Waals surface area contributed by atoms with Gasteiger partial charge in [-0.3, -0.25) is 14.5 Å². The first-order valence-corrected chi connectivity index (χ1v) is 20.9. The molecular formula is C43H65ClN8O8. The Morgan fingerprint density at radius 3 is 2.23 bits per heavy atom. The van der Waals surface area contributed by atoms with Gasteiger partial charge < -0.3 is 52.2 Å². The number of nitrogens with one attached hydrogen (secondary N) is 2. The van der Waals surface area contributed by atoms with Gasteiger partial charge in [0.05, 0.1) is 12.7 Å². The molecule has 0 aliphatic carbocycles. The van der Waals surface area contributed by atoms with Gasteiger partial charge in [-0.15, -0.1) is 0 Å². The number of carbonyl (C=O) groups is 3. The average molecular weight is 857 g/mol. The molecule has 0 radical (unpaired) electrons. The second-order valence-corrected chi connectivity index (χ2v) is 16.5. The molecule has 60 heavy (non-hydrogen) atoms. The molecule has 0 spiro atoms. The van der Waals surface area contributed by atoms with Crippen LogP contribution in [0.2, 0.25) is 5.15 Å². The Balaban J connectivity index is 1.70. The molecule has 0 fully saturated rings. The van der Waals surface area contributed by atoms with Crippen LogP contribution in [0.5, 0.6) is 0 Å². The van der Waals surface area contributed by atoms with Gasteiger partial charge in [0.1, 0.15) is 17.8 Å². The van der Waals surface area contributed by atoms with Crippen LogP contribution in [-0.2, 0) is 17.7 Å². The highest BCUT2D eigenvalue weighted by atomic mass is 35.5. The predicted octanol–water partition coefficient (Wildman–Crippen LogP) is 3.71. The number of aromatic nitrogens is 2. The van der Waals surface area contributed by atoms with Crippen molar-refractivity contribution in [2.45, 2.75) is 104 Å². The van der Waals surface area contributed by atoms with Crippen molar-refractivity contribution in [2.24, 2.45) is 5.92 Å². The first kappa shape index (κ1) is 49.8. The molecule has 0 aliphatic rings. The molecule has 0 saturated heterocycles. The highest BCUT2D eigenvalue weighted by Gasteiger charge is 2.27. The third-order valence-corrected chi connectivity index (χ3v) is 10.2. The summed E-state index contributed by atoms with van der Waals surface area (Å²) in [6.07, 6.45) is 0.330. The number of aliphatic hydroxyl groups is 4. The van der Waals surface area contributed by atoms with E-state index >= 15 is 0 Å². The zero-order chi connectivity index (χ0) is 44.4. The Hall–Kier alpha value is -4.58. The van der Waals surface area contributed by atoms with Gasteiger partial charge in [-0.05, 0) is 88.2 Å². The minimum Gasteiger partial charge on any atom is -0.444 e. The Labute approximate surface area is 358 Å². The number of nitrogens with zero attached hydrogens (tertiary/aromatic N) is 4. The molecular weight excluding hydrogens is 792 g/mol. The number of aryl methyl sites for hydroxylation is 1. The molecule has 0 aliphatic heterocycles. The molecule has 1 aromatic heterocycles. The number of rotatable bonds is 24. The van der Waals surface area contributed by atoms with E-state index in [1.165, 1.54) is 0 Å². The number of benzene rings is 2. The smallest absolute Gasteiger partial charge is 0.410 e. The van der Waals surface area contributed by atoms with Gasteiger partial charge in [0.2, 0.25) is 0 Å². The quantitative estimate of drug-likeness (QED) is 0.0600. The molecule has 332 valence electrons. The van der Waals surface area contributed by atoms with Crippen molar-refractivity contribution in [3.05, 3.63) is 81.6 Å². The van der Waals surface area contributed by atoms with Crippen molar-refractivity contribution in [3.63, 3.8) is 0 Å². The van der Waals surface area contributed by atoms with Crippen molar-refractivity contribution in [2.75, 3.05) is 57.3 Å². The van der Waals surface area contributed by atoms with E-state index in [1.54, 1.807) is 49.9 Å². The first-order valence-electron chi connectivity index (χ1n) is 20.6. The summed E-state index contributed by atoms with van der Waals surface area (Å²) in [5, 5.41) is 45.3. The van der Waals surface area contributed by atoms with E-state index in [4.69, 9.17) is 27.8 Å². The van der Waals surface area contributed by atoms with Crippen LogP contribution in [0.3, 0.4) is 0 Å². The third-order valence-electron chi connectivity index (χ3n) is 9.95. The van der Waals surface area contributed by atoms with Crippen molar-refractivity contribution < 1.29 is 39.5 Å². The lowest BCUT2D eigenvalue weighted by Gasteiger charge is -2.29. The molecule has 1 heterocycles. The van der Waals surface area contributed by atoms with E-state index in [0.29, 0.717) is 38.0 Å². The van der Waals surface area contributed by atoms with Crippen LogP contribution < -0.4 is 22.1 Å². The van der Waals surface area contributed by atoms with Gasteiger partial charge in [0.25, 0.3) is 11.8 Å². The summed E-state index contributed by atoms with van der Waals surface area (Å²) in [5.74, 6) is -1.21. The normalized spacial score (nSPS) is 13.7. The van der Waals surface area contributed by atoms with E-state index in [9.17, 15) is 34.8 Å². The largest absolute Gasteiger partial charge is 0.444 e. The Bertz CT molecular complexity index is 1810. The minimum atomic E-state index is -1.50. The number of hydrogen-bond acceptors (Lipinski definition) is 13. The molecule has 16 nitrogen and oxygen atoms in total. The summed E-state index contributed by atoms with van der Waals surface area (Å²) in [4.78, 5) is 51.4. The number of carbonyl (C=O) groups excluding carboxylic acids is 3. The van der Waals surface area contributed by atoms with Gasteiger partial charge in [-0.25, -0.2) is 14.8 Å². The highest BCUT2D eigenvalue weighted by Crippen LogP contribution is 2.21. The molecule has 0 bridgehead atoms. The molecule has 3 aromatic rings. The summed E-state index contributed by atoms with van der Waals surface area (Å²) < 4.78 is 5.79. The summed E-state index contributed by atoms with van der Waals surface area (Å²) in [6, 6.07) is 14.9. The average Bonchev–Trinajstić information content (AvgIpc) is 3.20. The Morgan fingerprint density at radius 2 is 1.58 bits per heavy atom. The van der Waals surface area contributed by atoms with Gasteiger partial charge in [0.15, 0.2) is 22.5 Å². The zero-order valence-corrected chi connectivity index (χ0v) is 36.3. The molecule has 17 heteroatoms. The number of nitrogen functional groups attached to an aromatic ring is 2. The van der Waals surface area contributed by atoms with Gasteiger partial charge in [0, 0.05) is 44.8 Å². The minimum absolute atomic E-state index is 0.0631. The van der Waals surface area contributed by atoms with Crippen molar-refractivity contribution >= 4 is 41.1 Å². The van der Waals surface area contributed by atoms with E-state index in [1.807, 2.05) is 36.1 Å². The topological polar surface area (TPSA) is 250 Å². The maximum Gasteiger partial charge on any atom is 0.410 e. The molecule has 0 unspecified atom stereocenters. The van der Waals surface area contributed by atoms with Crippen LogP contribution in [0.25, 0.3) is 0 Å². The fourth-order valence-corrected chi connectivity index (χ4v) is 6.59. The predicted molar refractivity (Wildman–Crippen MR) is 232 cm³/mol.